The van der Waals surface area contributed by atoms with Crippen LogP contribution in [-0.2, 0) is 0 Å². The van der Waals surface area contributed by atoms with Crippen LogP contribution in [0.2, 0.25) is 0 Å². The third kappa shape index (κ3) is 4.27. The van der Waals surface area contributed by atoms with Gasteiger partial charge in [-0.25, -0.2) is 0 Å². The van der Waals surface area contributed by atoms with E-state index >= 15 is 0 Å². The minimum absolute atomic E-state index is 0.233. The number of methoxy groups -OCH3 is 2. The second kappa shape index (κ2) is 8.85. The molecule has 0 unspecified atom stereocenters. The first-order valence-corrected chi connectivity index (χ1v) is 9.92. The Morgan fingerprint density at radius 2 is 1.59 bits per heavy atom. The van der Waals surface area contributed by atoms with E-state index in [1.54, 1.807) is 42.5 Å². The summed E-state index contributed by atoms with van der Waals surface area (Å²) in [6.07, 6.45) is 0. The van der Waals surface area contributed by atoms with Gasteiger partial charge in [0.25, 0.3) is 11.8 Å². The number of hydrogen-bond acceptors (Lipinski definition) is 5. The molecule has 0 bridgehead atoms. The Balaban J connectivity index is 1.47. The van der Waals surface area contributed by atoms with Crippen molar-refractivity contribution in [2.75, 3.05) is 24.9 Å². The smallest absolute Gasteiger partial charge is 0.291 e. The van der Waals surface area contributed by atoms with Crippen LogP contribution in [0.4, 0.5) is 11.4 Å². The fraction of sp³-hybridized carbons (Fsp3) is 0.120. The van der Waals surface area contributed by atoms with Crippen molar-refractivity contribution >= 4 is 34.2 Å². The summed E-state index contributed by atoms with van der Waals surface area (Å²) in [4.78, 5) is 25.2. The molecule has 0 radical (unpaired) electrons. The first kappa shape index (κ1) is 21.0. The van der Waals surface area contributed by atoms with Gasteiger partial charge in [-0.05, 0) is 61.0 Å². The lowest BCUT2D eigenvalue weighted by molar-refractivity contribution is 0.0996. The summed E-state index contributed by atoms with van der Waals surface area (Å²) in [6, 6.07) is 19.3. The third-order valence-electron chi connectivity index (χ3n) is 5.03. The van der Waals surface area contributed by atoms with Gasteiger partial charge in [0.05, 0.1) is 14.2 Å². The first-order chi connectivity index (χ1) is 15.5. The second-order valence-electron chi connectivity index (χ2n) is 7.16. The van der Waals surface area contributed by atoms with Gasteiger partial charge in [-0.2, -0.15) is 0 Å². The molecule has 32 heavy (non-hydrogen) atoms. The molecule has 0 aliphatic heterocycles. The Kier molecular flexibility index (Phi) is 5.81. The average Bonchev–Trinajstić information content (AvgIpc) is 3.25. The number of nitrogens with one attached hydrogen (secondary N) is 2. The van der Waals surface area contributed by atoms with Crippen molar-refractivity contribution < 1.29 is 23.5 Å². The lowest BCUT2D eigenvalue weighted by Crippen LogP contribution is -2.14. The predicted octanol–water partition coefficient (Wildman–Crippen LogP) is 5.26. The van der Waals surface area contributed by atoms with Crippen LogP contribution in [-0.4, -0.2) is 26.0 Å². The van der Waals surface area contributed by atoms with Gasteiger partial charge in [0.2, 0.25) is 0 Å². The number of benzene rings is 3. The van der Waals surface area contributed by atoms with Gasteiger partial charge >= 0.3 is 0 Å². The molecule has 4 rings (SSSR count). The number of amides is 2. The Bertz CT molecular complexity index is 1280. The van der Waals surface area contributed by atoms with Gasteiger partial charge in [0, 0.05) is 22.3 Å². The number of para-hydroxylation sites is 1. The molecule has 0 spiro atoms. The number of furan rings is 1. The number of hydrogen-bond donors (Lipinski definition) is 2. The fourth-order valence-corrected chi connectivity index (χ4v) is 3.34. The number of carbonyl (C=O) groups excluding carboxylic acids is 2. The van der Waals surface area contributed by atoms with Crippen molar-refractivity contribution in [3.05, 3.63) is 83.6 Å². The Labute approximate surface area is 184 Å². The lowest BCUT2D eigenvalue weighted by atomic mass is 10.1. The molecule has 1 aromatic heterocycles. The number of fused-ring (bicyclic) bond motifs is 1. The van der Waals surface area contributed by atoms with Gasteiger partial charge in [-0.3, -0.25) is 9.59 Å². The summed E-state index contributed by atoms with van der Waals surface area (Å²) >= 11 is 0. The van der Waals surface area contributed by atoms with E-state index in [1.807, 2.05) is 31.2 Å². The van der Waals surface area contributed by atoms with E-state index in [2.05, 4.69) is 10.6 Å². The fourth-order valence-electron chi connectivity index (χ4n) is 3.34. The van der Waals surface area contributed by atoms with Crippen molar-refractivity contribution in [1.82, 2.24) is 0 Å². The minimum Gasteiger partial charge on any atom is -0.493 e. The summed E-state index contributed by atoms with van der Waals surface area (Å²) in [6.45, 7) is 1.85. The standard InChI is InChI=1S/C25H22N2O5/c1-15-12-18(26-24(28)17-8-11-21(30-2)22(14-17)31-3)9-10-19(15)27-25(29)23-13-16-6-4-5-7-20(16)32-23/h4-14H,1-3H3,(H,26,28)(H,27,29). The van der Waals surface area contributed by atoms with Crippen LogP contribution >= 0.6 is 0 Å². The third-order valence-corrected chi connectivity index (χ3v) is 5.03. The molecule has 2 amide bonds. The van der Waals surface area contributed by atoms with Gasteiger partial charge < -0.3 is 24.5 Å². The first-order valence-electron chi connectivity index (χ1n) is 9.92. The molecule has 0 saturated heterocycles. The second-order valence-corrected chi connectivity index (χ2v) is 7.16. The molecule has 0 aliphatic carbocycles. The quantitative estimate of drug-likeness (QED) is 0.435. The van der Waals surface area contributed by atoms with Gasteiger partial charge in [0.1, 0.15) is 5.58 Å². The molecule has 0 aliphatic rings. The molecule has 1 heterocycles. The molecular formula is C25H22N2O5. The molecule has 162 valence electrons. The summed E-state index contributed by atoms with van der Waals surface area (Å²) in [5.41, 5.74) is 3.10. The van der Waals surface area contributed by atoms with Crippen molar-refractivity contribution in [3.63, 3.8) is 0 Å². The maximum atomic E-state index is 12.6. The molecule has 7 heteroatoms. The monoisotopic (exact) mass is 430 g/mol. The lowest BCUT2D eigenvalue weighted by Gasteiger charge is -2.12. The maximum Gasteiger partial charge on any atom is 0.291 e. The molecule has 0 fully saturated rings. The molecule has 3 aromatic carbocycles. The predicted molar refractivity (Wildman–Crippen MR) is 123 cm³/mol. The highest BCUT2D eigenvalue weighted by Crippen LogP contribution is 2.28. The van der Waals surface area contributed by atoms with Crippen LogP contribution in [0, 0.1) is 6.92 Å². The summed E-state index contributed by atoms with van der Waals surface area (Å²) < 4.78 is 16.1. The van der Waals surface area contributed by atoms with E-state index in [0.717, 1.165) is 10.9 Å². The molecule has 4 aromatic rings. The summed E-state index contributed by atoms with van der Waals surface area (Å²) in [5.74, 6) is 0.622. The number of anilines is 2. The zero-order valence-electron chi connectivity index (χ0n) is 17.9. The van der Waals surface area contributed by atoms with E-state index in [9.17, 15) is 9.59 Å². The van der Waals surface area contributed by atoms with Crippen LogP contribution in [0.1, 0.15) is 26.5 Å². The average molecular weight is 430 g/mol. The molecule has 2 N–H and O–H groups in total. The SMILES string of the molecule is COc1ccc(C(=O)Nc2ccc(NC(=O)c3cc4ccccc4o3)c(C)c2)cc1OC. The van der Waals surface area contributed by atoms with E-state index in [1.165, 1.54) is 14.2 Å². The molecule has 0 atom stereocenters. The zero-order chi connectivity index (χ0) is 22.7. The van der Waals surface area contributed by atoms with E-state index in [0.29, 0.717) is 34.0 Å². The van der Waals surface area contributed by atoms with Crippen LogP contribution in [0.3, 0.4) is 0 Å². The zero-order valence-corrected chi connectivity index (χ0v) is 17.9. The van der Waals surface area contributed by atoms with Gasteiger partial charge in [-0.15, -0.1) is 0 Å². The Morgan fingerprint density at radius 3 is 2.31 bits per heavy atom. The van der Waals surface area contributed by atoms with Gasteiger partial charge in [-0.1, -0.05) is 18.2 Å². The highest BCUT2D eigenvalue weighted by Gasteiger charge is 2.15. The van der Waals surface area contributed by atoms with Crippen LogP contribution in [0.5, 0.6) is 11.5 Å². The van der Waals surface area contributed by atoms with Crippen LogP contribution in [0.15, 0.2) is 71.1 Å². The van der Waals surface area contributed by atoms with Crippen molar-refractivity contribution in [2.24, 2.45) is 0 Å². The van der Waals surface area contributed by atoms with E-state index < -0.39 is 0 Å². The molecule has 0 saturated carbocycles. The van der Waals surface area contributed by atoms with Crippen molar-refractivity contribution in [2.45, 2.75) is 6.92 Å². The van der Waals surface area contributed by atoms with Gasteiger partial charge in [0.15, 0.2) is 17.3 Å². The number of rotatable bonds is 6. The van der Waals surface area contributed by atoms with Crippen molar-refractivity contribution in [3.8, 4) is 11.5 Å². The normalized spacial score (nSPS) is 10.6. The highest BCUT2D eigenvalue weighted by molar-refractivity contribution is 6.06. The van der Waals surface area contributed by atoms with Crippen molar-refractivity contribution in [1.29, 1.82) is 0 Å². The Hall–Kier alpha value is -4.26. The number of carbonyl (C=O) groups is 2. The maximum absolute atomic E-state index is 12.6. The summed E-state index contributed by atoms with van der Waals surface area (Å²) in [7, 11) is 3.05. The van der Waals surface area contributed by atoms with Crippen LogP contribution in [0.25, 0.3) is 11.0 Å². The Morgan fingerprint density at radius 1 is 0.812 bits per heavy atom. The minimum atomic E-state index is -0.341. The van der Waals surface area contributed by atoms with E-state index in [-0.39, 0.29) is 17.6 Å². The number of aryl methyl sites for hydroxylation is 1. The van der Waals surface area contributed by atoms with Crippen LogP contribution < -0.4 is 20.1 Å². The molecular weight excluding hydrogens is 408 g/mol. The topological polar surface area (TPSA) is 89.8 Å². The highest BCUT2D eigenvalue weighted by atomic mass is 16.5. The summed E-state index contributed by atoms with van der Waals surface area (Å²) in [5, 5.41) is 6.57. The van der Waals surface area contributed by atoms with E-state index in [4.69, 9.17) is 13.9 Å². The largest absolute Gasteiger partial charge is 0.493 e. The number of ether oxygens (including phenoxy) is 2. The molecule has 7 nitrogen and oxygen atoms in total.